The molecular formula is C10H16S2. The molecule has 0 spiro atoms. The lowest BCUT2D eigenvalue weighted by Crippen LogP contribution is -2.15. The van der Waals surface area contributed by atoms with Crippen LogP contribution in [0.4, 0.5) is 0 Å². The number of rotatable bonds is 1. The molecule has 0 aromatic heterocycles. The zero-order valence-corrected chi connectivity index (χ0v) is 9.05. The van der Waals surface area contributed by atoms with E-state index in [1.165, 1.54) is 42.8 Å². The lowest BCUT2D eigenvalue weighted by atomic mass is 10.1. The van der Waals surface area contributed by atoms with Gasteiger partial charge in [0.05, 0.1) is 4.58 Å². The van der Waals surface area contributed by atoms with Gasteiger partial charge in [-0.25, -0.2) is 0 Å². The van der Waals surface area contributed by atoms with Gasteiger partial charge in [0.15, 0.2) is 0 Å². The molecule has 2 aliphatic rings. The molecule has 1 saturated carbocycles. The molecule has 12 heavy (non-hydrogen) atoms. The third kappa shape index (κ3) is 2.02. The molecule has 0 nitrogen and oxygen atoms in total. The Bertz CT molecular complexity index is 171. The van der Waals surface area contributed by atoms with Crippen LogP contribution in [0.25, 0.3) is 0 Å². The Morgan fingerprint density at radius 2 is 2.00 bits per heavy atom. The molecular weight excluding hydrogens is 184 g/mol. The van der Waals surface area contributed by atoms with Crippen molar-refractivity contribution in [1.29, 1.82) is 0 Å². The van der Waals surface area contributed by atoms with Crippen LogP contribution in [0, 0.1) is 5.92 Å². The normalized spacial score (nSPS) is 32.7. The number of allylic oxidation sites excluding steroid dienone is 1. The zero-order chi connectivity index (χ0) is 8.39. The van der Waals surface area contributed by atoms with Gasteiger partial charge in [0.25, 0.3) is 0 Å². The molecule has 0 radical (unpaired) electrons. The molecule has 1 heterocycles. The monoisotopic (exact) mass is 200 g/mol. The molecule has 2 heteroatoms. The minimum absolute atomic E-state index is 0.901. The van der Waals surface area contributed by atoms with Gasteiger partial charge in [0, 0.05) is 0 Å². The number of hydrogen-bond donors (Lipinski definition) is 0. The maximum atomic E-state index is 4.08. The van der Waals surface area contributed by atoms with Gasteiger partial charge in [-0.05, 0) is 43.1 Å². The molecule has 1 aliphatic carbocycles. The molecule has 1 aliphatic heterocycles. The van der Waals surface area contributed by atoms with Crippen molar-refractivity contribution in [2.24, 2.45) is 5.92 Å². The molecule has 0 amide bonds. The van der Waals surface area contributed by atoms with E-state index in [2.05, 4.69) is 30.1 Å². The predicted octanol–water partition coefficient (Wildman–Crippen LogP) is 3.54. The third-order valence-electron chi connectivity index (χ3n) is 2.66. The van der Waals surface area contributed by atoms with Crippen molar-refractivity contribution < 1.29 is 0 Å². The summed E-state index contributed by atoms with van der Waals surface area (Å²) in [5.41, 5.74) is 1.49. The van der Waals surface area contributed by atoms with Crippen LogP contribution in [0.1, 0.15) is 25.7 Å². The van der Waals surface area contributed by atoms with Gasteiger partial charge < -0.3 is 0 Å². The quantitative estimate of drug-likeness (QED) is 0.594. The van der Waals surface area contributed by atoms with E-state index in [1.807, 2.05) is 0 Å². The summed E-state index contributed by atoms with van der Waals surface area (Å²) < 4.78 is 0.901. The molecule has 0 bridgehead atoms. The summed E-state index contributed by atoms with van der Waals surface area (Å²) in [5.74, 6) is 3.73. The molecule has 0 aromatic rings. The van der Waals surface area contributed by atoms with Crippen LogP contribution in [0.5, 0.6) is 0 Å². The van der Waals surface area contributed by atoms with E-state index < -0.39 is 0 Å². The second-order valence-electron chi connectivity index (χ2n) is 3.72. The van der Waals surface area contributed by atoms with Crippen LogP contribution >= 0.6 is 23.5 Å². The van der Waals surface area contributed by atoms with Gasteiger partial charge in [0.2, 0.25) is 0 Å². The van der Waals surface area contributed by atoms with Gasteiger partial charge in [-0.1, -0.05) is 12.2 Å². The second-order valence-corrected chi connectivity index (χ2v) is 6.51. The lowest BCUT2D eigenvalue weighted by molar-refractivity contribution is 0.607. The van der Waals surface area contributed by atoms with Crippen molar-refractivity contribution >= 4 is 23.5 Å². The van der Waals surface area contributed by atoms with Gasteiger partial charge in [0.1, 0.15) is 0 Å². The van der Waals surface area contributed by atoms with Crippen molar-refractivity contribution in [2.75, 3.05) is 11.5 Å². The maximum absolute atomic E-state index is 4.08. The van der Waals surface area contributed by atoms with Crippen molar-refractivity contribution in [3.63, 3.8) is 0 Å². The summed E-state index contributed by atoms with van der Waals surface area (Å²) >= 11 is 4.37. The standard InChI is InChI=1S/C10H16S2/c1-8-3-4-9(7-8)10-11-5-2-6-12-10/h9-10H,1-7H2. The second kappa shape index (κ2) is 4.10. The molecule has 1 unspecified atom stereocenters. The zero-order valence-electron chi connectivity index (χ0n) is 7.42. The van der Waals surface area contributed by atoms with Crippen LogP contribution in [-0.2, 0) is 0 Å². The highest BCUT2D eigenvalue weighted by molar-refractivity contribution is 8.17. The Morgan fingerprint density at radius 1 is 1.25 bits per heavy atom. The largest absolute Gasteiger partial charge is 0.147 e. The summed E-state index contributed by atoms with van der Waals surface area (Å²) in [5, 5.41) is 0. The highest BCUT2D eigenvalue weighted by Crippen LogP contribution is 2.43. The first-order valence-corrected chi connectivity index (χ1v) is 6.86. The van der Waals surface area contributed by atoms with E-state index in [0.29, 0.717) is 0 Å². The number of hydrogen-bond acceptors (Lipinski definition) is 2. The van der Waals surface area contributed by atoms with E-state index in [4.69, 9.17) is 0 Å². The fourth-order valence-corrected chi connectivity index (χ4v) is 5.22. The first-order valence-electron chi connectivity index (χ1n) is 4.76. The molecule has 2 rings (SSSR count). The summed E-state index contributed by atoms with van der Waals surface area (Å²) in [4.78, 5) is 0. The van der Waals surface area contributed by atoms with Crippen molar-refractivity contribution in [2.45, 2.75) is 30.3 Å². The summed E-state index contributed by atoms with van der Waals surface area (Å²) in [6.45, 7) is 4.08. The Balaban J connectivity index is 1.86. The van der Waals surface area contributed by atoms with Crippen LogP contribution in [-0.4, -0.2) is 16.1 Å². The summed E-state index contributed by atoms with van der Waals surface area (Å²) in [7, 11) is 0. The Kier molecular flexibility index (Phi) is 3.08. The van der Waals surface area contributed by atoms with Crippen LogP contribution in [0.3, 0.4) is 0 Å². The first kappa shape index (κ1) is 9.01. The Labute approximate surface area is 83.6 Å². The minimum atomic E-state index is 0.901. The highest BCUT2D eigenvalue weighted by atomic mass is 32.2. The van der Waals surface area contributed by atoms with E-state index >= 15 is 0 Å². The molecule has 2 fully saturated rings. The predicted molar refractivity (Wildman–Crippen MR) is 59.8 cm³/mol. The summed E-state index contributed by atoms with van der Waals surface area (Å²) in [6.07, 6.45) is 5.43. The first-order chi connectivity index (χ1) is 5.86. The van der Waals surface area contributed by atoms with Crippen LogP contribution in [0.2, 0.25) is 0 Å². The molecule has 68 valence electrons. The number of thioether (sulfide) groups is 2. The minimum Gasteiger partial charge on any atom is -0.147 e. The Hall–Kier alpha value is 0.440. The SMILES string of the molecule is C=C1CCC(C2SCCCS2)C1. The fourth-order valence-electron chi connectivity index (χ4n) is 1.97. The van der Waals surface area contributed by atoms with E-state index in [0.717, 1.165) is 10.5 Å². The van der Waals surface area contributed by atoms with Crippen molar-refractivity contribution in [3.05, 3.63) is 12.2 Å². The lowest BCUT2D eigenvalue weighted by Gasteiger charge is -2.25. The van der Waals surface area contributed by atoms with Gasteiger partial charge in [-0.2, -0.15) is 0 Å². The molecule has 1 atom stereocenters. The smallest absolute Gasteiger partial charge is 0.0533 e. The average molecular weight is 200 g/mol. The van der Waals surface area contributed by atoms with Crippen molar-refractivity contribution in [3.8, 4) is 0 Å². The van der Waals surface area contributed by atoms with Crippen molar-refractivity contribution in [1.82, 2.24) is 0 Å². The molecule has 0 aromatic carbocycles. The molecule has 1 saturated heterocycles. The van der Waals surface area contributed by atoms with E-state index in [-0.39, 0.29) is 0 Å². The fraction of sp³-hybridized carbons (Fsp3) is 0.800. The van der Waals surface area contributed by atoms with Crippen LogP contribution in [0.15, 0.2) is 12.2 Å². The van der Waals surface area contributed by atoms with E-state index in [9.17, 15) is 0 Å². The van der Waals surface area contributed by atoms with Crippen LogP contribution < -0.4 is 0 Å². The van der Waals surface area contributed by atoms with Gasteiger partial charge >= 0.3 is 0 Å². The Morgan fingerprint density at radius 3 is 2.58 bits per heavy atom. The summed E-state index contributed by atoms with van der Waals surface area (Å²) in [6, 6.07) is 0. The molecule has 0 N–H and O–H groups in total. The van der Waals surface area contributed by atoms with Gasteiger partial charge in [-0.15, -0.1) is 23.5 Å². The van der Waals surface area contributed by atoms with E-state index in [1.54, 1.807) is 0 Å². The topological polar surface area (TPSA) is 0 Å². The van der Waals surface area contributed by atoms with Gasteiger partial charge in [-0.3, -0.25) is 0 Å². The third-order valence-corrected chi connectivity index (χ3v) is 5.95. The average Bonchev–Trinajstić information content (AvgIpc) is 2.54. The maximum Gasteiger partial charge on any atom is 0.0533 e. The highest BCUT2D eigenvalue weighted by Gasteiger charge is 2.28.